The lowest BCUT2D eigenvalue weighted by molar-refractivity contribution is -0.917. The Morgan fingerprint density at radius 1 is 0.469 bits per heavy atom. The molecule has 0 aliphatic carbocycles. The summed E-state index contributed by atoms with van der Waals surface area (Å²) in [5.74, 6) is -0.244. The molecular weight excluding hydrogens is 452 g/mol. The van der Waals surface area contributed by atoms with Crippen LogP contribution < -0.4 is 0 Å². The molecule has 2 rings (SSSR count). The molecule has 2 fully saturated rings. The largest absolute Gasteiger partial charge is 0.324 e. The highest BCUT2D eigenvalue weighted by Crippen LogP contribution is 2.24. The molecule has 0 bridgehead atoms. The van der Waals surface area contributed by atoms with E-state index in [1.165, 1.54) is 90.6 Å². The SMILES string of the molecule is O=S(=O)(O)CCCC[N+]1(CCCCCC[N+]2(CCCCS(=O)(=O)O)CCCC2)CCCC1. The summed E-state index contributed by atoms with van der Waals surface area (Å²) >= 11 is 0. The smallest absolute Gasteiger partial charge is 0.264 e. The lowest BCUT2D eigenvalue weighted by atomic mass is 10.1. The summed E-state index contributed by atoms with van der Waals surface area (Å²) in [7, 11) is -7.68. The van der Waals surface area contributed by atoms with Crippen molar-refractivity contribution >= 4 is 20.2 Å². The van der Waals surface area contributed by atoms with Crippen molar-refractivity contribution in [2.75, 3.05) is 63.9 Å². The van der Waals surface area contributed by atoms with E-state index < -0.39 is 20.2 Å². The summed E-state index contributed by atoms with van der Waals surface area (Å²) in [6, 6.07) is 0. The maximum atomic E-state index is 10.9. The van der Waals surface area contributed by atoms with E-state index in [0.717, 1.165) is 34.9 Å². The van der Waals surface area contributed by atoms with Crippen LogP contribution in [0.1, 0.15) is 77.0 Å². The van der Waals surface area contributed by atoms with Crippen molar-refractivity contribution in [1.82, 2.24) is 0 Å². The maximum Gasteiger partial charge on any atom is 0.264 e. The third-order valence-electron chi connectivity index (χ3n) is 7.61. The van der Waals surface area contributed by atoms with Crippen LogP contribution >= 0.6 is 0 Å². The van der Waals surface area contributed by atoms with E-state index in [4.69, 9.17) is 9.11 Å². The molecule has 32 heavy (non-hydrogen) atoms. The van der Waals surface area contributed by atoms with Crippen molar-refractivity contribution in [3.05, 3.63) is 0 Å². The summed E-state index contributed by atoms with van der Waals surface area (Å²) in [5.41, 5.74) is 0. The molecular formula is C22H46N2O6S2+2. The number of nitrogens with zero attached hydrogens (tertiary/aromatic N) is 2. The second-order valence-corrected chi connectivity index (χ2v) is 13.4. The fraction of sp³-hybridized carbons (Fsp3) is 1.00. The second kappa shape index (κ2) is 13.0. The molecule has 2 aliphatic heterocycles. The van der Waals surface area contributed by atoms with Crippen LogP contribution in [0.3, 0.4) is 0 Å². The van der Waals surface area contributed by atoms with Crippen molar-refractivity contribution in [2.24, 2.45) is 0 Å². The first-order valence-electron chi connectivity index (χ1n) is 12.6. The van der Waals surface area contributed by atoms with E-state index in [1.54, 1.807) is 0 Å². The van der Waals surface area contributed by atoms with Crippen LogP contribution in [0.5, 0.6) is 0 Å². The van der Waals surface area contributed by atoms with Gasteiger partial charge in [0.15, 0.2) is 0 Å². The first kappa shape index (κ1) is 28.0. The van der Waals surface area contributed by atoms with Crippen LogP contribution in [0.2, 0.25) is 0 Å². The van der Waals surface area contributed by atoms with Gasteiger partial charge in [-0.1, -0.05) is 0 Å². The van der Waals surface area contributed by atoms with E-state index in [1.807, 2.05) is 0 Å². The molecule has 2 heterocycles. The summed E-state index contributed by atoms with van der Waals surface area (Å²) in [6.45, 7) is 9.23. The molecule has 0 aromatic heterocycles. The Morgan fingerprint density at radius 2 is 0.750 bits per heavy atom. The minimum absolute atomic E-state index is 0.122. The standard InChI is InChI=1S/C22H44N2O6S2/c25-31(26,27)21-11-9-19-23(15-5-6-16-23)13-3-1-2-4-14-24(17-7-8-18-24)20-10-12-22-32(28,29)30/h1-22H2/p+2. The molecule has 0 spiro atoms. The van der Waals surface area contributed by atoms with Crippen LogP contribution in [-0.4, -0.2) is 98.8 Å². The number of likely N-dealkylation sites (tertiary alicyclic amines) is 2. The normalized spacial score (nSPS) is 20.7. The summed E-state index contributed by atoms with van der Waals surface area (Å²) in [6.07, 6.45) is 12.7. The minimum atomic E-state index is -3.84. The molecule has 0 radical (unpaired) electrons. The van der Waals surface area contributed by atoms with Crippen molar-refractivity contribution < 1.29 is 34.9 Å². The highest BCUT2D eigenvalue weighted by atomic mass is 32.2. The predicted octanol–water partition coefficient (Wildman–Crippen LogP) is 3.10. The molecule has 0 aromatic carbocycles. The average Bonchev–Trinajstić information content (AvgIpc) is 3.35. The summed E-state index contributed by atoms with van der Waals surface area (Å²) in [5, 5.41) is 0. The Balaban J connectivity index is 1.63. The maximum absolute atomic E-state index is 10.9. The molecule has 0 aromatic rings. The molecule has 2 saturated heterocycles. The quantitative estimate of drug-likeness (QED) is 0.181. The van der Waals surface area contributed by atoms with Crippen molar-refractivity contribution in [1.29, 1.82) is 0 Å². The summed E-state index contributed by atoms with van der Waals surface area (Å²) < 4.78 is 63.8. The Bertz CT molecular complexity index is 678. The fourth-order valence-corrected chi connectivity index (χ4v) is 6.98. The van der Waals surface area contributed by atoms with Gasteiger partial charge in [-0.3, -0.25) is 9.11 Å². The monoisotopic (exact) mass is 498 g/mol. The van der Waals surface area contributed by atoms with Gasteiger partial charge < -0.3 is 8.97 Å². The molecule has 2 aliphatic rings. The Kier molecular flexibility index (Phi) is 11.4. The van der Waals surface area contributed by atoms with Gasteiger partial charge in [-0.25, -0.2) is 0 Å². The molecule has 190 valence electrons. The van der Waals surface area contributed by atoms with Crippen LogP contribution in [0.15, 0.2) is 0 Å². The molecule has 0 amide bonds. The van der Waals surface area contributed by atoms with Gasteiger partial charge in [0.05, 0.1) is 63.9 Å². The Morgan fingerprint density at radius 3 is 1.03 bits per heavy atom. The minimum Gasteiger partial charge on any atom is -0.324 e. The number of hydrogen-bond donors (Lipinski definition) is 2. The van der Waals surface area contributed by atoms with Crippen LogP contribution in [-0.2, 0) is 20.2 Å². The van der Waals surface area contributed by atoms with Crippen molar-refractivity contribution in [3.63, 3.8) is 0 Å². The molecule has 0 atom stereocenters. The van der Waals surface area contributed by atoms with Gasteiger partial charge in [0.2, 0.25) is 0 Å². The summed E-state index contributed by atoms with van der Waals surface area (Å²) in [4.78, 5) is 0. The lowest BCUT2D eigenvalue weighted by Crippen LogP contribution is -2.47. The van der Waals surface area contributed by atoms with Gasteiger partial charge in [0, 0.05) is 25.7 Å². The zero-order valence-corrected chi connectivity index (χ0v) is 21.4. The van der Waals surface area contributed by atoms with Gasteiger partial charge in [-0.2, -0.15) is 16.8 Å². The van der Waals surface area contributed by atoms with E-state index in [2.05, 4.69) is 0 Å². The van der Waals surface area contributed by atoms with E-state index in [-0.39, 0.29) is 11.5 Å². The van der Waals surface area contributed by atoms with Crippen molar-refractivity contribution in [3.8, 4) is 0 Å². The lowest BCUT2D eigenvalue weighted by Gasteiger charge is -2.35. The Labute approximate surface area is 196 Å². The molecule has 2 N–H and O–H groups in total. The Hall–Kier alpha value is -0.260. The third kappa shape index (κ3) is 11.2. The highest BCUT2D eigenvalue weighted by molar-refractivity contribution is 7.86. The zero-order valence-electron chi connectivity index (χ0n) is 19.8. The van der Waals surface area contributed by atoms with Gasteiger partial charge in [-0.05, 0) is 51.4 Å². The van der Waals surface area contributed by atoms with Gasteiger partial charge >= 0.3 is 0 Å². The van der Waals surface area contributed by atoms with Gasteiger partial charge in [0.25, 0.3) is 20.2 Å². The first-order chi connectivity index (χ1) is 15.0. The van der Waals surface area contributed by atoms with Crippen LogP contribution in [0, 0.1) is 0 Å². The molecule has 10 heteroatoms. The van der Waals surface area contributed by atoms with E-state index in [9.17, 15) is 16.8 Å². The van der Waals surface area contributed by atoms with E-state index >= 15 is 0 Å². The fourth-order valence-electron chi connectivity index (χ4n) is 5.84. The third-order valence-corrected chi connectivity index (χ3v) is 9.22. The number of unbranched alkanes of at least 4 members (excludes halogenated alkanes) is 5. The van der Waals surface area contributed by atoms with Gasteiger partial charge in [-0.15, -0.1) is 0 Å². The average molecular weight is 499 g/mol. The van der Waals surface area contributed by atoms with Crippen molar-refractivity contribution in [2.45, 2.75) is 77.0 Å². The number of rotatable bonds is 17. The molecule has 8 nitrogen and oxygen atoms in total. The number of hydrogen-bond acceptors (Lipinski definition) is 4. The van der Waals surface area contributed by atoms with Crippen LogP contribution in [0.25, 0.3) is 0 Å². The highest BCUT2D eigenvalue weighted by Gasteiger charge is 2.32. The van der Waals surface area contributed by atoms with Crippen LogP contribution in [0.4, 0.5) is 0 Å². The topological polar surface area (TPSA) is 109 Å². The first-order valence-corrected chi connectivity index (χ1v) is 15.9. The second-order valence-electron chi connectivity index (χ2n) is 10.3. The predicted molar refractivity (Wildman–Crippen MR) is 128 cm³/mol. The molecule has 0 saturated carbocycles. The number of quaternary nitrogens is 2. The zero-order chi connectivity index (χ0) is 23.6. The van der Waals surface area contributed by atoms with E-state index in [0.29, 0.717) is 12.8 Å². The van der Waals surface area contributed by atoms with Gasteiger partial charge in [0.1, 0.15) is 0 Å². The molecule has 0 unspecified atom stereocenters.